The summed E-state index contributed by atoms with van der Waals surface area (Å²) in [5, 5.41) is 0. The highest BCUT2D eigenvalue weighted by Crippen LogP contribution is 2.26. The maximum Gasteiger partial charge on any atom is 0.214 e. The van der Waals surface area contributed by atoms with Gasteiger partial charge in [0.2, 0.25) is 10.0 Å². The summed E-state index contributed by atoms with van der Waals surface area (Å²) in [6.07, 6.45) is 5.37. The van der Waals surface area contributed by atoms with Crippen molar-refractivity contribution in [3.63, 3.8) is 0 Å². The molecule has 0 N–H and O–H groups in total. The highest BCUT2D eigenvalue weighted by atomic mass is 32.2. The predicted octanol–water partition coefficient (Wildman–Crippen LogP) is 2.31. The van der Waals surface area contributed by atoms with E-state index >= 15 is 0 Å². The second kappa shape index (κ2) is 6.75. The van der Waals surface area contributed by atoms with Crippen LogP contribution in [0.3, 0.4) is 0 Å². The van der Waals surface area contributed by atoms with E-state index in [4.69, 9.17) is 0 Å². The van der Waals surface area contributed by atoms with Crippen LogP contribution in [0.2, 0.25) is 0 Å². The quantitative estimate of drug-likeness (QED) is 0.800. The lowest BCUT2D eigenvalue weighted by atomic mass is 9.91. The Labute approximate surface area is 124 Å². The van der Waals surface area contributed by atoms with Gasteiger partial charge < -0.3 is 4.90 Å². The van der Waals surface area contributed by atoms with Gasteiger partial charge in [0, 0.05) is 25.2 Å². The van der Waals surface area contributed by atoms with Crippen molar-refractivity contribution >= 4 is 10.0 Å². The van der Waals surface area contributed by atoms with Gasteiger partial charge in [-0.1, -0.05) is 0 Å². The van der Waals surface area contributed by atoms with Crippen molar-refractivity contribution in [3.05, 3.63) is 0 Å². The van der Waals surface area contributed by atoms with Gasteiger partial charge in [-0.05, 0) is 65.3 Å². The summed E-state index contributed by atoms with van der Waals surface area (Å²) in [5.41, 5.74) is 0. The first-order chi connectivity index (χ1) is 9.40. The number of piperidine rings is 1. The third kappa shape index (κ3) is 3.95. The Morgan fingerprint density at radius 2 is 1.85 bits per heavy atom. The standard InChI is InChI=1S/C15H30N2O2S/c1-13(2)16-8-6-7-15(12-16)11-14(3)17-9-4-5-10-20(17,18)19/h13-15H,4-12H2,1-3H3. The lowest BCUT2D eigenvalue weighted by molar-refractivity contribution is 0.122. The predicted molar refractivity (Wildman–Crippen MR) is 83.2 cm³/mol. The molecule has 0 aromatic carbocycles. The Kier molecular flexibility index (Phi) is 5.49. The molecule has 0 saturated carbocycles. The first-order valence-corrected chi connectivity index (χ1v) is 9.74. The highest BCUT2D eigenvalue weighted by Gasteiger charge is 2.32. The van der Waals surface area contributed by atoms with Gasteiger partial charge in [0.25, 0.3) is 0 Å². The normalized spacial score (nSPS) is 30.5. The van der Waals surface area contributed by atoms with Gasteiger partial charge in [-0.2, -0.15) is 4.31 Å². The first-order valence-electron chi connectivity index (χ1n) is 8.13. The van der Waals surface area contributed by atoms with E-state index in [1.165, 1.54) is 19.4 Å². The molecule has 2 aliphatic rings. The van der Waals surface area contributed by atoms with Crippen LogP contribution in [0, 0.1) is 5.92 Å². The molecule has 2 saturated heterocycles. The summed E-state index contributed by atoms with van der Waals surface area (Å²) < 4.78 is 26.1. The third-order valence-electron chi connectivity index (χ3n) is 4.83. The van der Waals surface area contributed by atoms with E-state index in [2.05, 4.69) is 25.7 Å². The first kappa shape index (κ1) is 16.2. The third-order valence-corrected chi connectivity index (χ3v) is 6.90. The van der Waals surface area contributed by atoms with E-state index in [-0.39, 0.29) is 6.04 Å². The van der Waals surface area contributed by atoms with Gasteiger partial charge >= 0.3 is 0 Å². The summed E-state index contributed by atoms with van der Waals surface area (Å²) in [5.74, 6) is 0.999. The molecule has 0 aliphatic carbocycles. The molecule has 0 bridgehead atoms. The summed E-state index contributed by atoms with van der Waals surface area (Å²) in [6.45, 7) is 9.66. The van der Waals surface area contributed by atoms with Crippen LogP contribution in [0.4, 0.5) is 0 Å². The van der Waals surface area contributed by atoms with Crippen molar-refractivity contribution in [2.45, 2.75) is 65.0 Å². The minimum absolute atomic E-state index is 0.164. The van der Waals surface area contributed by atoms with Crippen molar-refractivity contribution in [1.82, 2.24) is 9.21 Å². The van der Waals surface area contributed by atoms with Gasteiger partial charge in [0.1, 0.15) is 0 Å². The maximum atomic E-state index is 12.2. The highest BCUT2D eigenvalue weighted by molar-refractivity contribution is 7.89. The van der Waals surface area contributed by atoms with Crippen LogP contribution in [0.25, 0.3) is 0 Å². The van der Waals surface area contributed by atoms with E-state index in [1.807, 2.05) is 0 Å². The Morgan fingerprint density at radius 3 is 2.50 bits per heavy atom. The Bertz CT molecular complexity index is 408. The molecule has 2 fully saturated rings. The number of nitrogens with zero attached hydrogens (tertiary/aromatic N) is 2. The van der Waals surface area contributed by atoms with Crippen LogP contribution in [-0.4, -0.2) is 55.1 Å². The number of sulfonamides is 1. The molecule has 4 nitrogen and oxygen atoms in total. The Hall–Kier alpha value is -0.130. The van der Waals surface area contributed by atoms with Gasteiger partial charge in [-0.15, -0.1) is 0 Å². The van der Waals surface area contributed by atoms with Crippen LogP contribution in [0.1, 0.15) is 52.9 Å². The molecule has 0 aromatic rings. The minimum atomic E-state index is -2.98. The van der Waals surface area contributed by atoms with E-state index in [9.17, 15) is 8.42 Å². The molecule has 20 heavy (non-hydrogen) atoms. The number of likely N-dealkylation sites (tertiary alicyclic amines) is 1. The molecule has 0 aromatic heterocycles. The van der Waals surface area contributed by atoms with E-state index in [1.54, 1.807) is 4.31 Å². The number of hydrogen-bond acceptors (Lipinski definition) is 3. The Morgan fingerprint density at radius 1 is 1.10 bits per heavy atom. The molecule has 2 unspecified atom stereocenters. The molecular weight excluding hydrogens is 272 g/mol. The minimum Gasteiger partial charge on any atom is -0.301 e. The van der Waals surface area contributed by atoms with Crippen LogP contribution in [0.5, 0.6) is 0 Å². The topological polar surface area (TPSA) is 40.6 Å². The fraction of sp³-hybridized carbons (Fsp3) is 1.00. The van der Waals surface area contributed by atoms with Crippen molar-refractivity contribution in [2.24, 2.45) is 5.92 Å². The molecule has 0 spiro atoms. The molecule has 0 radical (unpaired) electrons. The average molecular weight is 302 g/mol. The fourth-order valence-electron chi connectivity index (χ4n) is 3.66. The molecule has 2 atom stereocenters. The van der Waals surface area contributed by atoms with Crippen molar-refractivity contribution in [1.29, 1.82) is 0 Å². The molecule has 5 heteroatoms. The molecule has 2 heterocycles. The lowest BCUT2D eigenvalue weighted by Gasteiger charge is -2.38. The van der Waals surface area contributed by atoms with Crippen LogP contribution in [0.15, 0.2) is 0 Å². The SMILES string of the molecule is CC(C)N1CCCC(CC(C)N2CCCCS2(=O)=O)C1. The fourth-order valence-corrected chi connectivity index (χ4v) is 5.51. The van der Waals surface area contributed by atoms with Crippen LogP contribution >= 0.6 is 0 Å². The van der Waals surface area contributed by atoms with E-state index < -0.39 is 10.0 Å². The van der Waals surface area contributed by atoms with Crippen LogP contribution < -0.4 is 0 Å². The van der Waals surface area contributed by atoms with Crippen molar-refractivity contribution < 1.29 is 8.42 Å². The average Bonchev–Trinajstić information content (AvgIpc) is 2.38. The van der Waals surface area contributed by atoms with Crippen LogP contribution in [-0.2, 0) is 10.0 Å². The maximum absolute atomic E-state index is 12.2. The molecule has 2 rings (SSSR count). The summed E-state index contributed by atoms with van der Waals surface area (Å²) in [6, 6.07) is 0.768. The molecule has 118 valence electrons. The second-order valence-corrected chi connectivity index (χ2v) is 8.86. The van der Waals surface area contributed by atoms with Crippen molar-refractivity contribution in [3.8, 4) is 0 Å². The molecular formula is C15H30N2O2S. The van der Waals surface area contributed by atoms with Gasteiger partial charge in [-0.25, -0.2) is 8.42 Å². The number of rotatable bonds is 4. The summed E-state index contributed by atoms with van der Waals surface area (Å²) in [7, 11) is -2.98. The zero-order chi connectivity index (χ0) is 14.8. The zero-order valence-electron chi connectivity index (χ0n) is 13.2. The van der Waals surface area contributed by atoms with Gasteiger partial charge in [0.15, 0.2) is 0 Å². The zero-order valence-corrected chi connectivity index (χ0v) is 14.0. The molecule has 2 aliphatic heterocycles. The lowest BCUT2D eigenvalue weighted by Crippen LogP contribution is -2.46. The van der Waals surface area contributed by atoms with Gasteiger partial charge in [0.05, 0.1) is 5.75 Å². The summed E-state index contributed by atoms with van der Waals surface area (Å²) >= 11 is 0. The summed E-state index contributed by atoms with van der Waals surface area (Å²) in [4.78, 5) is 2.53. The largest absolute Gasteiger partial charge is 0.301 e. The second-order valence-electron chi connectivity index (χ2n) is 6.82. The Balaban J connectivity index is 1.92. The van der Waals surface area contributed by atoms with E-state index in [0.29, 0.717) is 17.7 Å². The number of hydrogen-bond donors (Lipinski definition) is 0. The molecule has 0 amide bonds. The smallest absolute Gasteiger partial charge is 0.214 e. The van der Waals surface area contributed by atoms with E-state index in [0.717, 1.165) is 32.4 Å². The van der Waals surface area contributed by atoms with Crippen molar-refractivity contribution in [2.75, 3.05) is 25.4 Å². The monoisotopic (exact) mass is 302 g/mol. The van der Waals surface area contributed by atoms with Gasteiger partial charge in [-0.3, -0.25) is 0 Å².